The lowest BCUT2D eigenvalue weighted by atomic mass is 10.1. The molecule has 8 nitrogen and oxygen atoms in total. The highest BCUT2D eigenvalue weighted by atomic mass is 32.2. The third-order valence-corrected chi connectivity index (χ3v) is 8.39. The summed E-state index contributed by atoms with van der Waals surface area (Å²) in [6.07, 6.45) is 0. The summed E-state index contributed by atoms with van der Waals surface area (Å²) in [7, 11) is -3.73. The van der Waals surface area contributed by atoms with Crippen molar-refractivity contribution in [1.29, 1.82) is 0 Å². The van der Waals surface area contributed by atoms with Crippen molar-refractivity contribution in [3.05, 3.63) is 77.1 Å². The molecule has 0 unspecified atom stereocenters. The van der Waals surface area contributed by atoms with Gasteiger partial charge < -0.3 is 0 Å². The molecule has 4 heterocycles. The SMILES string of the molecule is Cc1nc2ccc(S(=O)(=O)Nc3ccc(-c4ccc5nnc(-c6cccs6)n5n4)cc3)cc2s1. The summed E-state index contributed by atoms with van der Waals surface area (Å²) < 4.78 is 31.0. The number of hydrogen-bond acceptors (Lipinski definition) is 8. The maximum Gasteiger partial charge on any atom is 0.261 e. The predicted octanol–water partition coefficient (Wildman–Crippen LogP) is 5.24. The third-order valence-electron chi connectivity index (χ3n) is 5.21. The summed E-state index contributed by atoms with van der Waals surface area (Å²) in [4.78, 5) is 5.57. The van der Waals surface area contributed by atoms with Crippen LogP contribution < -0.4 is 4.72 Å². The first kappa shape index (κ1) is 20.9. The van der Waals surface area contributed by atoms with Gasteiger partial charge in [0.1, 0.15) is 0 Å². The molecule has 6 rings (SSSR count). The number of rotatable bonds is 5. The molecule has 0 bridgehead atoms. The second-order valence-corrected chi connectivity index (χ2v) is 11.4. The second-order valence-electron chi connectivity index (χ2n) is 7.53. The first-order valence-electron chi connectivity index (χ1n) is 10.2. The van der Waals surface area contributed by atoms with E-state index in [1.54, 1.807) is 46.2 Å². The topological polar surface area (TPSA) is 102 Å². The number of sulfonamides is 1. The highest BCUT2D eigenvalue weighted by Gasteiger charge is 2.16. The van der Waals surface area contributed by atoms with Crippen molar-refractivity contribution in [2.75, 3.05) is 4.72 Å². The maximum absolute atomic E-state index is 12.9. The van der Waals surface area contributed by atoms with Crippen LogP contribution in [0, 0.1) is 6.92 Å². The van der Waals surface area contributed by atoms with Crippen molar-refractivity contribution in [2.24, 2.45) is 0 Å². The van der Waals surface area contributed by atoms with Crippen LogP contribution in [0.4, 0.5) is 5.69 Å². The van der Waals surface area contributed by atoms with E-state index in [1.807, 2.05) is 48.7 Å². The van der Waals surface area contributed by atoms with Gasteiger partial charge in [-0.1, -0.05) is 18.2 Å². The van der Waals surface area contributed by atoms with Crippen molar-refractivity contribution >= 4 is 54.2 Å². The van der Waals surface area contributed by atoms with Crippen LogP contribution in [-0.2, 0) is 10.0 Å². The Labute approximate surface area is 202 Å². The van der Waals surface area contributed by atoms with Crippen LogP contribution in [0.5, 0.6) is 0 Å². The molecule has 0 radical (unpaired) electrons. The van der Waals surface area contributed by atoms with Gasteiger partial charge in [0.25, 0.3) is 10.0 Å². The highest BCUT2D eigenvalue weighted by molar-refractivity contribution is 7.92. The number of benzene rings is 2. The van der Waals surface area contributed by atoms with Gasteiger partial charge in [0.2, 0.25) is 0 Å². The molecule has 0 aliphatic rings. The Morgan fingerprint density at radius 1 is 0.971 bits per heavy atom. The number of aromatic nitrogens is 5. The minimum Gasteiger partial charge on any atom is -0.280 e. The quantitative estimate of drug-likeness (QED) is 0.345. The minimum atomic E-state index is -3.73. The molecule has 0 spiro atoms. The van der Waals surface area contributed by atoms with Gasteiger partial charge in [-0.25, -0.2) is 13.4 Å². The zero-order valence-electron chi connectivity index (χ0n) is 17.7. The van der Waals surface area contributed by atoms with Gasteiger partial charge in [-0.05, 0) is 60.8 Å². The summed E-state index contributed by atoms with van der Waals surface area (Å²) in [5, 5.41) is 16.0. The van der Waals surface area contributed by atoms with Crippen LogP contribution in [0.25, 0.3) is 37.8 Å². The average molecular weight is 505 g/mol. The summed E-state index contributed by atoms with van der Waals surface area (Å²) in [6, 6.07) is 19.7. The first-order chi connectivity index (χ1) is 16.5. The van der Waals surface area contributed by atoms with Crippen molar-refractivity contribution in [3.63, 3.8) is 0 Å². The van der Waals surface area contributed by atoms with Crippen molar-refractivity contribution in [1.82, 2.24) is 24.8 Å². The van der Waals surface area contributed by atoms with Crippen molar-refractivity contribution < 1.29 is 8.42 Å². The molecule has 1 N–H and O–H groups in total. The van der Waals surface area contributed by atoms with E-state index < -0.39 is 10.0 Å². The number of thiophene rings is 1. The largest absolute Gasteiger partial charge is 0.280 e. The van der Waals surface area contributed by atoms with Crippen LogP contribution >= 0.6 is 22.7 Å². The Hall–Kier alpha value is -3.67. The zero-order chi connectivity index (χ0) is 23.3. The van der Waals surface area contributed by atoms with Gasteiger partial charge in [0.15, 0.2) is 11.5 Å². The number of hydrogen-bond donors (Lipinski definition) is 1. The van der Waals surface area contributed by atoms with Gasteiger partial charge in [0.05, 0.1) is 30.7 Å². The molecule has 2 aromatic carbocycles. The highest BCUT2D eigenvalue weighted by Crippen LogP contribution is 2.27. The number of aryl methyl sites for hydroxylation is 1. The molecule has 11 heteroatoms. The monoisotopic (exact) mass is 504 g/mol. The van der Waals surface area contributed by atoms with Gasteiger partial charge >= 0.3 is 0 Å². The number of fused-ring (bicyclic) bond motifs is 2. The molecule has 0 fully saturated rings. The molecule has 0 atom stereocenters. The Kier molecular flexibility index (Phi) is 4.90. The molecule has 0 amide bonds. The molecule has 168 valence electrons. The van der Waals surface area contributed by atoms with E-state index in [0.29, 0.717) is 17.2 Å². The van der Waals surface area contributed by atoms with Crippen molar-refractivity contribution in [3.8, 4) is 22.0 Å². The fraction of sp³-hybridized carbons (Fsp3) is 0.0435. The third kappa shape index (κ3) is 3.73. The smallest absolute Gasteiger partial charge is 0.261 e. The standard InChI is InChI=1S/C23H16N6O2S3/c1-14-24-19-9-8-17(13-21(19)33-14)34(30,31)28-16-6-4-15(5-7-16)18-10-11-22-25-26-23(29(22)27-18)20-3-2-12-32-20/h2-13,28H,1H3. The summed E-state index contributed by atoms with van der Waals surface area (Å²) in [5.41, 5.74) is 3.49. The number of nitrogens with one attached hydrogen (secondary N) is 1. The fourth-order valence-corrected chi connectivity index (χ4v) is 6.33. The molecular weight excluding hydrogens is 488 g/mol. The maximum atomic E-state index is 12.9. The van der Waals surface area contributed by atoms with Crippen LogP contribution in [0.2, 0.25) is 0 Å². The Bertz CT molecular complexity index is 1750. The Morgan fingerprint density at radius 3 is 2.62 bits per heavy atom. The Morgan fingerprint density at radius 2 is 1.82 bits per heavy atom. The molecule has 0 aliphatic carbocycles. The van der Waals surface area contributed by atoms with Crippen LogP contribution in [0.3, 0.4) is 0 Å². The number of anilines is 1. The molecule has 4 aromatic heterocycles. The first-order valence-corrected chi connectivity index (χ1v) is 13.4. The lowest BCUT2D eigenvalue weighted by Gasteiger charge is -2.09. The van der Waals surface area contributed by atoms with E-state index in [2.05, 4.69) is 19.9 Å². The molecule has 6 aromatic rings. The molecule has 0 saturated heterocycles. The lowest BCUT2D eigenvalue weighted by Crippen LogP contribution is -2.12. The van der Waals surface area contributed by atoms with Crippen LogP contribution in [0.15, 0.2) is 77.0 Å². The molecule has 0 aliphatic heterocycles. The van der Waals surface area contributed by atoms with Gasteiger partial charge in [-0.2, -0.15) is 9.61 Å². The van der Waals surface area contributed by atoms with E-state index in [1.165, 1.54) is 11.3 Å². The van der Waals surface area contributed by atoms with Crippen LogP contribution in [-0.4, -0.2) is 33.2 Å². The normalized spacial score (nSPS) is 11.9. The molecule has 34 heavy (non-hydrogen) atoms. The van der Waals surface area contributed by atoms with E-state index >= 15 is 0 Å². The summed E-state index contributed by atoms with van der Waals surface area (Å²) in [6.45, 7) is 1.90. The Balaban J connectivity index is 1.28. The minimum absolute atomic E-state index is 0.202. The van der Waals surface area contributed by atoms with E-state index in [4.69, 9.17) is 5.10 Å². The van der Waals surface area contributed by atoms with E-state index in [-0.39, 0.29) is 4.90 Å². The van der Waals surface area contributed by atoms with E-state index in [0.717, 1.165) is 31.4 Å². The fourth-order valence-electron chi connectivity index (χ4n) is 3.61. The average Bonchev–Trinajstić information content (AvgIpc) is 3.57. The van der Waals surface area contributed by atoms with Gasteiger partial charge in [-0.3, -0.25) is 4.72 Å². The lowest BCUT2D eigenvalue weighted by molar-refractivity contribution is 0.601. The summed E-state index contributed by atoms with van der Waals surface area (Å²) in [5.74, 6) is 0.685. The zero-order valence-corrected chi connectivity index (χ0v) is 20.2. The van der Waals surface area contributed by atoms with Crippen molar-refractivity contribution in [2.45, 2.75) is 11.8 Å². The molecule has 0 saturated carbocycles. The van der Waals surface area contributed by atoms with E-state index in [9.17, 15) is 8.42 Å². The summed E-state index contributed by atoms with van der Waals surface area (Å²) >= 11 is 3.04. The second kappa shape index (κ2) is 7.97. The molecular formula is C23H16N6O2S3. The number of thiazole rings is 1. The van der Waals surface area contributed by atoms with Gasteiger partial charge in [0, 0.05) is 11.3 Å². The number of nitrogens with zero attached hydrogens (tertiary/aromatic N) is 5. The predicted molar refractivity (Wildman–Crippen MR) is 135 cm³/mol. The van der Waals surface area contributed by atoms with Crippen LogP contribution in [0.1, 0.15) is 5.01 Å². The van der Waals surface area contributed by atoms with Gasteiger partial charge in [-0.15, -0.1) is 32.9 Å².